The van der Waals surface area contributed by atoms with Crippen LogP contribution in [0.1, 0.15) is 149 Å². The molecule has 308 valence electrons. The molecule has 0 aliphatic rings. The van der Waals surface area contributed by atoms with Crippen molar-refractivity contribution < 1.29 is 38.2 Å². The molecule has 0 aliphatic heterocycles. The number of nitrogens with zero attached hydrogens (tertiary/aromatic N) is 1. The van der Waals surface area contributed by atoms with Crippen molar-refractivity contribution in [3.63, 3.8) is 0 Å². The van der Waals surface area contributed by atoms with E-state index in [1.165, 1.54) is 38.5 Å². The summed E-state index contributed by atoms with van der Waals surface area (Å²) in [5, 5.41) is 9.60. The van der Waals surface area contributed by atoms with Gasteiger partial charge >= 0.3 is 17.9 Å². The van der Waals surface area contributed by atoms with Crippen LogP contribution >= 0.6 is 0 Å². The minimum absolute atomic E-state index is 0.0301. The molecule has 8 heteroatoms. The zero-order chi connectivity index (χ0) is 40.0. The summed E-state index contributed by atoms with van der Waals surface area (Å²) in [5.74, 6) is -1.57. The van der Waals surface area contributed by atoms with Gasteiger partial charge in [0.15, 0.2) is 12.1 Å². The molecule has 0 rings (SSSR count). The molecule has 0 aliphatic carbocycles. The summed E-state index contributed by atoms with van der Waals surface area (Å²) < 4.78 is 17.2. The number of carboxylic acid groups (broad SMARTS) is 1. The molecule has 0 amide bonds. The van der Waals surface area contributed by atoms with Crippen LogP contribution in [-0.2, 0) is 28.6 Å². The largest absolute Gasteiger partial charge is 0.477 e. The van der Waals surface area contributed by atoms with Crippen LogP contribution in [0.3, 0.4) is 0 Å². The molecule has 0 fully saturated rings. The Balaban J connectivity index is 4.52. The number of carbonyl (C=O) groups excluding carboxylic acids is 2. The van der Waals surface area contributed by atoms with Crippen molar-refractivity contribution in [3.05, 3.63) is 72.9 Å². The fourth-order valence-corrected chi connectivity index (χ4v) is 5.59. The second-order valence-electron chi connectivity index (χ2n) is 14.9. The standard InChI is InChI=1S/C46H77NO7/c1-6-8-10-12-14-16-18-20-21-22-23-25-27-29-31-33-35-37-45(49)54-42(40-52-39-38-43(46(50)51)47(3,4)5)41-53-44(48)36-34-32-30-28-26-24-19-17-15-13-11-9-7-2/h8,10,14,16,20-21,23-26,29,31,42-43H,6-7,9,11-13,15,17-19,22,27-28,30,32-41H2,1-5H3/p+1/b10-8+,16-14+,21-20+,25-23+,26-24+,31-29+. The lowest BCUT2D eigenvalue weighted by atomic mass is 10.1. The minimum atomic E-state index is -0.889. The second kappa shape index (κ2) is 36.7. The van der Waals surface area contributed by atoms with E-state index in [4.69, 9.17) is 14.2 Å². The van der Waals surface area contributed by atoms with E-state index in [0.29, 0.717) is 19.3 Å². The molecule has 0 spiro atoms. The predicted molar refractivity (Wildman–Crippen MR) is 224 cm³/mol. The Kier molecular flexibility index (Phi) is 34.5. The van der Waals surface area contributed by atoms with Gasteiger partial charge in [0.25, 0.3) is 0 Å². The lowest BCUT2D eigenvalue weighted by Crippen LogP contribution is -2.50. The van der Waals surface area contributed by atoms with E-state index in [9.17, 15) is 19.5 Å². The maximum atomic E-state index is 12.7. The number of rotatable bonds is 36. The molecule has 0 radical (unpaired) electrons. The van der Waals surface area contributed by atoms with Gasteiger partial charge in [0, 0.05) is 19.3 Å². The molecule has 0 saturated heterocycles. The molecule has 2 unspecified atom stereocenters. The SMILES string of the molecule is CC/C=C/C/C=C/C/C=C/C/C=C/C/C=C/CCCC(=O)OC(COCCC(C(=O)O)[N+](C)(C)C)COC(=O)CCCCC/C=C/CCCCCCCC. The molecule has 0 heterocycles. The second-order valence-corrected chi connectivity index (χ2v) is 14.9. The van der Waals surface area contributed by atoms with Crippen LogP contribution in [-0.4, -0.2) is 80.6 Å². The highest BCUT2D eigenvalue weighted by Gasteiger charge is 2.31. The molecule has 54 heavy (non-hydrogen) atoms. The first-order chi connectivity index (χ1) is 26.1. The number of hydrogen-bond acceptors (Lipinski definition) is 6. The third kappa shape index (κ3) is 34.5. The first-order valence-electron chi connectivity index (χ1n) is 21.0. The normalized spacial score (nSPS) is 13.7. The van der Waals surface area contributed by atoms with Gasteiger partial charge in [-0.05, 0) is 77.0 Å². The van der Waals surface area contributed by atoms with Crippen LogP contribution in [0.5, 0.6) is 0 Å². The summed E-state index contributed by atoms with van der Waals surface area (Å²) in [6.45, 7) is 4.51. The summed E-state index contributed by atoms with van der Waals surface area (Å²) in [5.41, 5.74) is 0. The van der Waals surface area contributed by atoms with Crippen LogP contribution in [0.2, 0.25) is 0 Å². The van der Waals surface area contributed by atoms with Gasteiger partial charge < -0.3 is 23.8 Å². The first kappa shape index (κ1) is 50.8. The maximum absolute atomic E-state index is 12.7. The number of ether oxygens (including phenoxy) is 3. The van der Waals surface area contributed by atoms with E-state index in [-0.39, 0.29) is 42.7 Å². The van der Waals surface area contributed by atoms with Crippen molar-refractivity contribution in [1.82, 2.24) is 0 Å². The zero-order valence-corrected chi connectivity index (χ0v) is 34.9. The zero-order valence-electron chi connectivity index (χ0n) is 34.9. The van der Waals surface area contributed by atoms with E-state index in [2.05, 4.69) is 86.8 Å². The smallest absolute Gasteiger partial charge is 0.362 e. The molecule has 0 bridgehead atoms. The first-order valence-corrected chi connectivity index (χ1v) is 21.0. The van der Waals surface area contributed by atoms with Gasteiger partial charge in [-0.25, -0.2) is 4.79 Å². The van der Waals surface area contributed by atoms with Crippen molar-refractivity contribution in [1.29, 1.82) is 0 Å². The number of aliphatic carboxylic acids is 1. The fourth-order valence-electron chi connectivity index (χ4n) is 5.59. The van der Waals surface area contributed by atoms with E-state index in [1.54, 1.807) is 0 Å². The van der Waals surface area contributed by atoms with Gasteiger partial charge in [-0.3, -0.25) is 9.59 Å². The third-order valence-corrected chi connectivity index (χ3v) is 8.84. The van der Waals surface area contributed by atoms with Crippen LogP contribution in [0.15, 0.2) is 72.9 Å². The molecule has 0 aromatic carbocycles. The van der Waals surface area contributed by atoms with Crippen LogP contribution in [0, 0.1) is 0 Å². The molecule has 0 aromatic heterocycles. The van der Waals surface area contributed by atoms with E-state index in [0.717, 1.165) is 70.6 Å². The Morgan fingerprint density at radius 3 is 1.61 bits per heavy atom. The quantitative estimate of drug-likeness (QED) is 0.0294. The minimum Gasteiger partial charge on any atom is -0.477 e. The van der Waals surface area contributed by atoms with Gasteiger partial charge in [0.05, 0.1) is 34.4 Å². The fraction of sp³-hybridized carbons (Fsp3) is 0.674. The van der Waals surface area contributed by atoms with Crippen molar-refractivity contribution in [3.8, 4) is 0 Å². The lowest BCUT2D eigenvalue weighted by molar-refractivity contribution is -0.887. The average Bonchev–Trinajstić information content (AvgIpc) is 3.12. The number of hydrogen-bond donors (Lipinski definition) is 1. The highest BCUT2D eigenvalue weighted by molar-refractivity contribution is 5.72. The molecule has 1 N–H and O–H groups in total. The van der Waals surface area contributed by atoms with Crippen molar-refractivity contribution >= 4 is 17.9 Å². The van der Waals surface area contributed by atoms with Gasteiger partial charge in [-0.2, -0.15) is 0 Å². The van der Waals surface area contributed by atoms with Crippen molar-refractivity contribution in [2.75, 3.05) is 41.0 Å². The highest BCUT2D eigenvalue weighted by Crippen LogP contribution is 2.12. The summed E-state index contributed by atoms with van der Waals surface area (Å²) in [7, 11) is 5.49. The Morgan fingerprint density at radius 1 is 0.574 bits per heavy atom. The number of quaternary nitrogens is 1. The van der Waals surface area contributed by atoms with Crippen LogP contribution in [0.4, 0.5) is 0 Å². The maximum Gasteiger partial charge on any atom is 0.362 e. The predicted octanol–water partition coefficient (Wildman–Crippen LogP) is 11.2. The monoisotopic (exact) mass is 757 g/mol. The molecular weight excluding hydrogens is 679 g/mol. The summed E-state index contributed by atoms with van der Waals surface area (Å²) in [6, 6.07) is -0.629. The average molecular weight is 757 g/mol. The van der Waals surface area contributed by atoms with E-state index < -0.39 is 18.1 Å². The van der Waals surface area contributed by atoms with Crippen LogP contribution in [0.25, 0.3) is 0 Å². The third-order valence-electron chi connectivity index (χ3n) is 8.84. The van der Waals surface area contributed by atoms with E-state index >= 15 is 0 Å². The molecule has 0 saturated carbocycles. The molecular formula is C46H78NO7+. The number of unbranched alkanes of at least 4 members (excludes halogenated alkanes) is 10. The number of allylic oxidation sites excluding steroid dienone is 12. The number of esters is 2. The van der Waals surface area contributed by atoms with E-state index in [1.807, 2.05) is 21.1 Å². The summed E-state index contributed by atoms with van der Waals surface area (Å²) in [6.07, 6.45) is 45.2. The van der Waals surface area contributed by atoms with Gasteiger partial charge in [0.2, 0.25) is 0 Å². The summed E-state index contributed by atoms with van der Waals surface area (Å²) in [4.78, 5) is 36.9. The van der Waals surface area contributed by atoms with Crippen LogP contribution < -0.4 is 0 Å². The molecule has 8 nitrogen and oxygen atoms in total. The number of likely N-dealkylation sites (N-methyl/N-ethyl adjacent to an activating group) is 1. The topological polar surface area (TPSA) is 99.1 Å². The van der Waals surface area contributed by atoms with Gasteiger partial charge in [-0.15, -0.1) is 0 Å². The van der Waals surface area contributed by atoms with Crippen molar-refractivity contribution in [2.24, 2.45) is 0 Å². The van der Waals surface area contributed by atoms with Gasteiger partial charge in [-0.1, -0.05) is 125 Å². The Hall–Kier alpha value is -3.23. The highest BCUT2D eigenvalue weighted by atomic mass is 16.6. The number of carbonyl (C=O) groups is 3. The Labute approximate surface area is 330 Å². The Morgan fingerprint density at radius 2 is 1.06 bits per heavy atom. The molecule has 2 atom stereocenters. The summed E-state index contributed by atoms with van der Waals surface area (Å²) >= 11 is 0. The van der Waals surface area contributed by atoms with Crippen molar-refractivity contribution in [2.45, 2.75) is 161 Å². The molecule has 0 aromatic rings. The van der Waals surface area contributed by atoms with Gasteiger partial charge in [0.1, 0.15) is 6.61 Å². The Bertz CT molecular complexity index is 1110. The lowest BCUT2D eigenvalue weighted by Gasteiger charge is -2.31. The number of carboxylic acids is 1.